The standard InChI is InChI=1S/C15H30O3/c1-4-11-18-12-10-14(15(16)17)9-7-5-6-8-13(2)3/h13-14H,4-12H2,1-3H3,(H,16,17). The van der Waals surface area contributed by atoms with Gasteiger partial charge >= 0.3 is 5.97 Å². The van der Waals surface area contributed by atoms with Crippen molar-refractivity contribution in [3.8, 4) is 0 Å². The number of carbonyl (C=O) groups is 1. The molecule has 0 bridgehead atoms. The van der Waals surface area contributed by atoms with Crippen LogP contribution in [0.5, 0.6) is 0 Å². The first-order valence-corrected chi connectivity index (χ1v) is 7.38. The number of carboxylic acid groups (broad SMARTS) is 1. The van der Waals surface area contributed by atoms with Gasteiger partial charge in [0.15, 0.2) is 0 Å². The van der Waals surface area contributed by atoms with E-state index in [9.17, 15) is 4.79 Å². The predicted molar refractivity (Wildman–Crippen MR) is 74.8 cm³/mol. The van der Waals surface area contributed by atoms with Crippen molar-refractivity contribution in [1.82, 2.24) is 0 Å². The molecule has 0 aromatic rings. The molecule has 0 saturated carbocycles. The summed E-state index contributed by atoms with van der Waals surface area (Å²) in [5.41, 5.74) is 0. The summed E-state index contributed by atoms with van der Waals surface area (Å²) >= 11 is 0. The Balaban J connectivity index is 3.60. The molecule has 0 saturated heterocycles. The van der Waals surface area contributed by atoms with Crippen molar-refractivity contribution >= 4 is 5.97 Å². The first-order valence-electron chi connectivity index (χ1n) is 7.38. The number of hydrogen-bond donors (Lipinski definition) is 1. The number of aliphatic carboxylic acids is 1. The fourth-order valence-electron chi connectivity index (χ4n) is 1.98. The maximum Gasteiger partial charge on any atom is 0.306 e. The van der Waals surface area contributed by atoms with Gasteiger partial charge in [0.2, 0.25) is 0 Å². The van der Waals surface area contributed by atoms with Gasteiger partial charge in [-0.15, -0.1) is 0 Å². The topological polar surface area (TPSA) is 46.5 Å². The van der Waals surface area contributed by atoms with Crippen molar-refractivity contribution < 1.29 is 14.6 Å². The molecular weight excluding hydrogens is 228 g/mol. The Bertz CT molecular complexity index is 202. The molecule has 108 valence electrons. The molecule has 0 fully saturated rings. The van der Waals surface area contributed by atoms with Crippen LogP contribution in [0.3, 0.4) is 0 Å². The number of carboxylic acids is 1. The lowest BCUT2D eigenvalue weighted by Crippen LogP contribution is -2.16. The van der Waals surface area contributed by atoms with E-state index in [1.807, 2.05) is 0 Å². The van der Waals surface area contributed by atoms with Gasteiger partial charge in [0, 0.05) is 13.2 Å². The van der Waals surface area contributed by atoms with E-state index in [2.05, 4.69) is 20.8 Å². The minimum Gasteiger partial charge on any atom is -0.481 e. The Morgan fingerprint density at radius 1 is 1.06 bits per heavy atom. The number of hydrogen-bond acceptors (Lipinski definition) is 2. The third-order valence-electron chi connectivity index (χ3n) is 3.14. The molecule has 0 rings (SSSR count). The molecule has 1 atom stereocenters. The van der Waals surface area contributed by atoms with Gasteiger partial charge in [-0.1, -0.05) is 46.5 Å². The molecular formula is C15H30O3. The van der Waals surface area contributed by atoms with Crippen LogP contribution in [0.25, 0.3) is 0 Å². The monoisotopic (exact) mass is 258 g/mol. The zero-order chi connectivity index (χ0) is 13.8. The van der Waals surface area contributed by atoms with E-state index in [1.54, 1.807) is 0 Å². The van der Waals surface area contributed by atoms with Crippen LogP contribution in [-0.4, -0.2) is 24.3 Å². The maximum absolute atomic E-state index is 11.1. The van der Waals surface area contributed by atoms with Gasteiger partial charge in [0.05, 0.1) is 5.92 Å². The molecule has 0 radical (unpaired) electrons. The summed E-state index contributed by atoms with van der Waals surface area (Å²) in [5, 5.41) is 9.12. The first-order chi connectivity index (χ1) is 8.57. The quantitative estimate of drug-likeness (QED) is 0.536. The summed E-state index contributed by atoms with van der Waals surface area (Å²) < 4.78 is 5.36. The van der Waals surface area contributed by atoms with Crippen LogP contribution >= 0.6 is 0 Å². The first kappa shape index (κ1) is 17.4. The van der Waals surface area contributed by atoms with E-state index in [1.165, 1.54) is 12.8 Å². The van der Waals surface area contributed by atoms with E-state index < -0.39 is 5.97 Å². The van der Waals surface area contributed by atoms with Crippen LogP contribution in [0.15, 0.2) is 0 Å². The highest BCUT2D eigenvalue weighted by atomic mass is 16.5. The molecule has 0 spiro atoms. The summed E-state index contributed by atoms with van der Waals surface area (Å²) in [6.07, 6.45) is 7.08. The van der Waals surface area contributed by atoms with Gasteiger partial charge in [0.1, 0.15) is 0 Å². The van der Waals surface area contributed by atoms with E-state index >= 15 is 0 Å². The minimum atomic E-state index is -0.668. The van der Waals surface area contributed by atoms with Crippen molar-refractivity contribution in [3.63, 3.8) is 0 Å². The SMILES string of the molecule is CCCOCCC(CCCCCC(C)C)C(=O)O. The average Bonchev–Trinajstić information content (AvgIpc) is 2.30. The zero-order valence-electron chi connectivity index (χ0n) is 12.3. The Labute approximate surface area is 112 Å². The van der Waals surface area contributed by atoms with Crippen LogP contribution in [0.4, 0.5) is 0 Å². The normalized spacial score (nSPS) is 12.9. The number of rotatable bonds is 12. The fourth-order valence-corrected chi connectivity index (χ4v) is 1.98. The Kier molecular flexibility index (Phi) is 11.2. The van der Waals surface area contributed by atoms with E-state index in [4.69, 9.17) is 9.84 Å². The smallest absolute Gasteiger partial charge is 0.306 e. The third-order valence-corrected chi connectivity index (χ3v) is 3.14. The van der Waals surface area contributed by atoms with Gasteiger partial charge < -0.3 is 9.84 Å². The van der Waals surface area contributed by atoms with Crippen molar-refractivity contribution in [1.29, 1.82) is 0 Å². The highest BCUT2D eigenvalue weighted by Gasteiger charge is 2.16. The number of unbranched alkanes of at least 4 members (excludes halogenated alkanes) is 2. The molecule has 3 heteroatoms. The van der Waals surface area contributed by atoms with Gasteiger partial charge in [0.25, 0.3) is 0 Å². The third kappa shape index (κ3) is 10.6. The zero-order valence-corrected chi connectivity index (χ0v) is 12.3. The van der Waals surface area contributed by atoms with E-state index in [-0.39, 0.29) is 5.92 Å². The van der Waals surface area contributed by atoms with Crippen molar-refractivity contribution in [2.24, 2.45) is 11.8 Å². The molecule has 1 N–H and O–H groups in total. The Morgan fingerprint density at radius 3 is 2.28 bits per heavy atom. The summed E-state index contributed by atoms with van der Waals surface area (Å²) in [5.74, 6) is -0.137. The molecule has 0 aromatic heterocycles. The van der Waals surface area contributed by atoms with Crippen LogP contribution in [0, 0.1) is 11.8 Å². The largest absolute Gasteiger partial charge is 0.481 e. The average molecular weight is 258 g/mol. The van der Waals surface area contributed by atoms with Gasteiger partial charge in [-0.05, 0) is 25.2 Å². The summed E-state index contributed by atoms with van der Waals surface area (Å²) in [6, 6.07) is 0. The lowest BCUT2D eigenvalue weighted by molar-refractivity contribution is -0.142. The van der Waals surface area contributed by atoms with Crippen LogP contribution in [-0.2, 0) is 9.53 Å². The molecule has 0 aliphatic heterocycles. The lowest BCUT2D eigenvalue weighted by Gasteiger charge is -2.12. The van der Waals surface area contributed by atoms with E-state index in [0.29, 0.717) is 13.0 Å². The van der Waals surface area contributed by atoms with Crippen LogP contribution < -0.4 is 0 Å². The fraction of sp³-hybridized carbons (Fsp3) is 0.933. The highest BCUT2D eigenvalue weighted by molar-refractivity contribution is 5.69. The molecule has 0 aliphatic rings. The Hall–Kier alpha value is -0.570. The lowest BCUT2D eigenvalue weighted by atomic mass is 9.97. The second-order valence-corrected chi connectivity index (χ2v) is 5.47. The van der Waals surface area contributed by atoms with Crippen molar-refractivity contribution in [2.75, 3.05) is 13.2 Å². The minimum absolute atomic E-state index is 0.221. The van der Waals surface area contributed by atoms with Gasteiger partial charge in [-0.25, -0.2) is 0 Å². The molecule has 0 aromatic carbocycles. The molecule has 3 nitrogen and oxygen atoms in total. The maximum atomic E-state index is 11.1. The molecule has 1 unspecified atom stereocenters. The molecule has 18 heavy (non-hydrogen) atoms. The van der Waals surface area contributed by atoms with Crippen LogP contribution in [0.2, 0.25) is 0 Å². The summed E-state index contributed by atoms with van der Waals surface area (Å²) in [4.78, 5) is 11.1. The summed E-state index contributed by atoms with van der Waals surface area (Å²) in [6.45, 7) is 7.83. The molecule has 0 aliphatic carbocycles. The highest BCUT2D eigenvalue weighted by Crippen LogP contribution is 2.16. The van der Waals surface area contributed by atoms with Gasteiger partial charge in [-0.2, -0.15) is 0 Å². The Morgan fingerprint density at radius 2 is 1.72 bits per heavy atom. The van der Waals surface area contributed by atoms with Crippen molar-refractivity contribution in [3.05, 3.63) is 0 Å². The molecule has 0 amide bonds. The van der Waals surface area contributed by atoms with Gasteiger partial charge in [-0.3, -0.25) is 4.79 Å². The van der Waals surface area contributed by atoms with E-state index in [0.717, 1.165) is 38.2 Å². The number of ether oxygens (including phenoxy) is 1. The van der Waals surface area contributed by atoms with Crippen molar-refractivity contribution in [2.45, 2.75) is 65.7 Å². The summed E-state index contributed by atoms with van der Waals surface area (Å²) in [7, 11) is 0. The molecule has 0 heterocycles. The second kappa shape index (κ2) is 11.5. The second-order valence-electron chi connectivity index (χ2n) is 5.47. The van der Waals surface area contributed by atoms with Crippen LogP contribution in [0.1, 0.15) is 65.7 Å². The predicted octanol–water partition coefficient (Wildman–Crippen LogP) is 4.11.